The molecule has 0 aromatic heterocycles. The second-order valence-corrected chi connectivity index (χ2v) is 3.85. The van der Waals surface area contributed by atoms with Gasteiger partial charge in [-0.15, -0.1) is 0 Å². The van der Waals surface area contributed by atoms with Crippen LogP contribution in [0.15, 0.2) is 12.1 Å². The minimum absolute atomic E-state index is 0.0199. The molecule has 0 bridgehead atoms. The van der Waals surface area contributed by atoms with E-state index < -0.39 is 11.9 Å². The van der Waals surface area contributed by atoms with E-state index >= 15 is 0 Å². The molecule has 1 aromatic rings. The van der Waals surface area contributed by atoms with E-state index in [1.807, 2.05) is 0 Å². The molecular formula is C11H11NO4. The number of carboxylic acid groups (broad SMARTS) is 2. The van der Waals surface area contributed by atoms with Gasteiger partial charge in [0.05, 0.1) is 11.1 Å². The van der Waals surface area contributed by atoms with E-state index in [4.69, 9.17) is 15.9 Å². The molecule has 0 heterocycles. The molecule has 1 aromatic carbocycles. The Labute approximate surface area is 91.5 Å². The summed E-state index contributed by atoms with van der Waals surface area (Å²) in [5.41, 5.74) is 7.16. The van der Waals surface area contributed by atoms with Gasteiger partial charge in [-0.25, -0.2) is 9.59 Å². The molecule has 1 aliphatic carbocycles. The van der Waals surface area contributed by atoms with Crippen molar-refractivity contribution in [1.29, 1.82) is 0 Å². The molecule has 0 spiro atoms. The van der Waals surface area contributed by atoms with Gasteiger partial charge in [-0.05, 0) is 36.1 Å². The van der Waals surface area contributed by atoms with Crippen LogP contribution in [0.25, 0.3) is 0 Å². The lowest BCUT2D eigenvalue weighted by molar-refractivity contribution is 0.0695. The highest BCUT2D eigenvalue weighted by Gasteiger charge is 2.26. The Bertz CT molecular complexity index is 481. The van der Waals surface area contributed by atoms with Gasteiger partial charge in [-0.1, -0.05) is 0 Å². The molecule has 5 heteroatoms. The lowest BCUT2D eigenvalue weighted by atomic mass is 9.98. The quantitative estimate of drug-likeness (QED) is 0.692. The maximum atomic E-state index is 11.0. The van der Waals surface area contributed by atoms with E-state index in [0.717, 1.165) is 0 Å². The molecule has 16 heavy (non-hydrogen) atoms. The van der Waals surface area contributed by atoms with Gasteiger partial charge < -0.3 is 15.9 Å². The Morgan fingerprint density at radius 2 is 1.94 bits per heavy atom. The minimum Gasteiger partial charge on any atom is -0.478 e. The van der Waals surface area contributed by atoms with Crippen molar-refractivity contribution >= 4 is 11.9 Å². The summed E-state index contributed by atoms with van der Waals surface area (Å²) in [6.07, 6.45) is 1.26. The summed E-state index contributed by atoms with van der Waals surface area (Å²) in [5, 5.41) is 17.9. The predicted octanol–water partition coefficient (Wildman–Crippen LogP) is 1.03. The molecule has 0 radical (unpaired) electrons. The van der Waals surface area contributed by atoms with Crippen LogP contribution in [0, 0.1) is 0 Å². The Morgan fingerprint density at radius 3 is 2.50 bits per heavy atom. The molecule has 0 amide bonds. The standard InChI is InChI=1S/C11H11NO4/c12-9-2-1-6-7(9)3-5(10(13)14)4-8(6)11(15)16/h3-4,9H,1-2,12H2,(H,13,14)(H,15,16). The largest absolute Gasteiger partial charge is 0.478 e. The number of hydrogen-bond donors (Lipinski definition) is 3. The van der Waals surface area contributed by atoms with Gasteiger partial charge in [0.25, 0.3) is 0 Å². The maximum absolute atomic E-state index is 11.0. The highest BCUT2D eigenvalue weighted by atomic mass is 16.4. The fourth-order valence-corrected chi connectivity index (χ4v) is 2.07. The first-order valence-corrected chi connectivity index (χ1v) is 4.89. The van der Waals surface area contributed by atoms with Gasteiger partial charge in [-0.2, -0.15) is 0 Å². The van der Waals surface area contributed by atoms with Crippen molar-refractivity contribution in [2.45, 2.75) is 18.9 Å². The minimum atomic E-state index is -1.13. The second-order valence-electron chi connectivity index (χ2n) is 3.85. The molecule has 1 atom stereocenters. The van der Waals surface area contributed by atoms with Crippen molar-refractivity contribution in [2.24, 2.45) is 5.73 Å². The first-order valence-electron chi connectivity index (χ1n) is 4.89. The van der Waals surface area contributed by atoms with Crippen LogP contribution in [0.1, 0.15) is 44.3 Å². The molecule has 2 rings (SSSR count). The smallest absolute Gasteiger partial charge is 0.335 e. The average Bonchev–Trinajstić information content (AvgIpc) is 2.59. The summed E-state index contributed by atoms with van der Waals surface area (Å²) < 4.78 is 0. The maximum Gasteiger partial charge on any atom is 0.335 e. The highest BCUT2D eigenvalue weighted by molar-refractivity contribution is 5.95. The third-order valence-electron chi connectivity index (χ3n) is 2.87. The predicted molar refractivity (Wildman–Crippen MR) is 55.6 cm³/mol. The lowest BCUT2D eigenvalue weighted by Crippen LogP contribution is -2.10. The van der Waals surface area contributed by atoms with Crippen molar-refractivity contribution in [1.82, 2.24) is 0 Å². The van der Waals surface area contributed by atoms with Gasteiger partial charge in [0, 0.05) is 6.04 Å². The molecule has 0 aliphatic heterocycles. The summed E-state index contributed by atoms with van der Waals surface area (Å²) in [7, 11) is 0. The Kier molecular flexibility index (Phi) is 2.40. The SMILES string of the molecule is NC1CCc2c(C(=O)O)cc(C(=O)O)cc21. The monoisotopic (exact) mass is 221 g/mol. The van der Waals surface area contributed by atoms with E-state index in [2.05, 4.69) is 0 Å². The van der Waals surface area contributed by atoms with Crippen LogP contribution in [-0.4, -0.2) is 22.2 Å². The van der Waals surface area contributed by atoms with E-state index in [1.165, 1.54) is 12.1 Å². The van der Waals surface area contributed by atoms with Crippen LogP contribution in [0.2, 0.25) is 0 Å². The highest BCUT2D eigenvalue weighted by Crippen LogP contribution is 2.32. The number of rotatable bonds is 2. The third kappa shape index (κ3) is 1.55. The van der Waals surface area contributed by atoms with Gasteiger partial charge in [0.15, 0.2) is 0 Å². The molecule has 0 saturated carbocycles. The van der Waals surface area contributed by atoms with Crippen LogP contribution in [-0.2, 0) is 6.42 Å². The van der Waals surface area contributed by atoms with Gasteiger partial charge >= 0.3 is 11.9 Å². The number of aromatic carboxylic acids is 2. The van der Waals surface area contributed by atoms with Crippen molar-refractivity contribution in [3.8, 4) is 0 Å². The molecule has 84 valence electrons. The summed E-state index contributed by atoms with van der Waals surface area (Å²) in [6.45, 7) is 0. The molecule has 0 saturated heterocycles. The topological polar surface area (TPSA) is 101 Å². The summed E-state index contributed by atoms with van der Waals surface area (Å²) in [5.74, 6) is -2.24. The number of nitrogens with two attached hydrogens (primary N) is 1. The van der Waals surface area contributed by atoms with Crippen molar-refractivity contribution in [3.05, 3.63) is 34.4 Å². The Balaban J connectivity index is 2.66. The van der Waals surface area contributed by atoms with Crippen LogP contribution < -0.4 is 5.73 Å². The van der Waals surface area contributed by atoms with Crippen LogP contribution >= 0.6 is 0 Å². The number of benzene rings is 1. The number of carbonyl (C=O) groups is 2. The zero-order chi connectivity index (χ0) is 11.9. The first kappa shape index (κ1) is 10.6. The Morgan fingerprint density at radius 1 is 1.25 bits per heavy atom. The summed E-state index contributed by atoms with van der Waals surface area (Å²) in [6, 6.07) is 2.41. The van der Waals surface area contributed by atoms with Crippen molar-refractivity contribution in [3.63, 3.8) is 0 Å². The fraction of sp³-hybridized carbons (Fsp3) is 0.273. The first-order chi connectivity index (χ1) is 7.50. The molecule has 4 N–H and O–H groups in total. The van der Waals surface area contributed by atoms with E-state index in [9.17, 15) is 9.59 Å². The number of hydrogen-bond acceptors (Lipinski definition) is 3. The molecule has 1 unspecified atom stereocenters. The van der Waals surface area contributed by atoms with E-state index in [-0.39, 0.29) is 17.2 Å². The second kappa shape index (κ2) is 3.61. The number of fused-ring (bicyclic) bond motifs is 1. The lowest BCUT2D eigenvalue weighted by Gasteiger charge is -2.08. The van der Waals surface area contributed by atoms with Crippen LogP contribution in [0.3, 0.4) is 0 Å². The Hall–Kier alpha value is -1.88. The zero-order valence-corrected chi connectivity index (χ0v) is 8.43. The van der Waals surface area contributed by atoms with Crippen LogP contribution in [0.4, 0.5) is 0 Å². The van der Waals surface area contributed by atoms with Gasteiger partial charge in [-0.3, -0.25) is 0 Å². The number of carboxylic acids is 2. The normalized spacial score (nSPS) is 18.2. The molecule has 0 fully saturated rings. The van der Waals surface area contributed by atoms with Crippen molar-refractivity contribution in [2.75, 3.05) is 0 Å². The van der Waals surface area contributed by atoms with E-state index in [0.29, 0.717) is 24.0 Å². The van der Waals surface area contributed by atoms with Gasteiger partial charge in [0.1, 0.15) is 0 Å². The summed E-state index contributed by atoms with van der Waals surface area (Å²) in [4.78, 5) is 21.9. The molecular weight excluding hydrogens is 210 g/mol. The average molecular weight is 221 g/mol. The molecule has 5 nitrogen and oxygen atoms in total. The third-order valence-corrected chi connectivity index (χ3v) is 2.87. The van der Waals surface area contributed by atoms with E-state index in [1.54, 1.807) is 0 Å². The van der Waals surface area contributed by atoms with Gasteiger partial charge in [0.2, 0.25) is 0 Å². The summed E-state index contributed by atoms with van der Waals surface area (Å²) >= 11 is 0. The zero-order valence-electron chi connectivity index (χ0n) is 8.43. The fourth-order valence-electron chi connectivity index (χ4n) is 2.07. The van der Waals surface area contributed by atoms with Crippen molar-refractivity contribution < 1.29 is 19.8 Å². The molecule has 1 aliphatic rings. The van der Waals surface area contributed by atoms with Crippen LogP contribution in [0.5, 0.6) is 0 Å².